The lowest BCUT2D eigenvalue weighted by molar-refractivity contribution is -0.131. The van der Waals surface area contributed by atoms with Gasteiger partial charge in [-0.3, -0.25) is 4.79 Å². The highest BCUT2D eigenvalue weighted by atomic mass is 16.2. The summed E-state index contributed by atoms with van der Waals surface area (Å²) in [6.45, 7) is 2.70. The van der Waals surface area contributed by atoms with Crippen molar-refractivity contribution >= 4 is 16.8 Å². The highest BCUT2D eigenvalue weighted by Crippen LogP contribution is 2.33. The predicted molar refractivity (Wildman–Crippen MR) is 122 cm³/mol. The van der Waals surface area contributed by atoms with Crippen LogP contribution in [0.15, 0.2) is 67.1 Å². The van der Waals surface area contributed by atoms with Gasteiger partial charge in [-0.2, -0.15) is 0 Å². The summed E-state index contributed by atoms with van der Waals surface area (Å²) in [5, 5.41) is 1.23. The number of rotatable bonds is 5. The summed E-state index contributed by atoms with van der Waals surface area (Å²) in [4.78, 5) is 22.4. The van der Waals surface area contributed by atoms with Gasteiger partial charge in [-0.25, -0.2) is 4.98 Å². The Labute approximate surface area is 181 Å². The number of fused-ring (bicyclic) bond motifs is 1. The van der Waals surface area contributed by atoms with Crippen molar-refractivity contribution in [1.29, 1.82) is 0 Å². The van der Waals surface area contributed by atoms with E-state index < -0.39 is 0 Å². The van der Waals surface area contributed by atoms with Crippen molar-refractivity contribution < 1.29 is 4.79 Å². The summed E-state index contributed by atoms with van der Waals surface area (Å²) < 4.78 is 2.25. The highest BCUT2D eigenvalue weighted by molar-refractivity contribution is 5.85. The topological polar surface area (TPSA) is 53.9 Å². The van der Waals surface area contributed by atoms with Gasteiger partial charge < -0.3 is 14.5 Å². The van der Waals surface area contributed by atoms with Gasteiger partial charge in [0.05, 0.1) is 0 Å². The summed E-state index contributed by atoms with van der Waals surface area (Å²) in [5.41, 5.74) is 4.68. The van der Waals surface area contributed by atoms with Crippen LogP contribution < -0.4 is 0 Å². The van der Waals surface area contributed by atoms with Crippen LogP contribution in [0.3, 0.4) is 0 Å². The van der Waals surface area contributed by atoms with Gasteiger partial charge in [0.1, 0.15) is 5.82 Å². The van der Waals surface area contributed by atoms with Gasteiger partial charge in [0.2, 0.25) is 5.91 Å². The largest absolute Gasteiger partial charge is 0.361 e. The van der Waals surface area contributed by atoms with Gasteiger partial charge in [0.15, 0.2) is 0 Å². The molecule has 6 rings (SSSR count). The maximum absolute atomic E-state index is 12.4. The molecule has 0 bridgehead atoms. The van der Waals surface area contributed by atoms with Gasteiger partial charge in [-0.05, 0) is 53.8 Å². The standard InChI is InChI=1S/C26H26N4O/c31-26(22-6-7-22)30-13-10-18(17-30)16-29-14-12-28-25(29)21-4-1-19(2-5-21)23-8-3-20-9-11-27-24(20)15-23/h1-5,8-9,11-12,14-15,18,22,27H,6-7,10,13,16-17H2/t18-/m1/s1. The Morgan fingerprint density at radius 1 is 1.00 bits per heavy atom. The first-order valence-electron chi connectivity index (χ1n) is 11.2. The van der Waals surface area contributed by atoms with Crippen LogP contribution in [0.2, 0.25) is 0 Å². The number of carbonyl (C=O) groups is 1. The van der Waals surface area contributed by atoms with Crippen LogP contribution in [0.25, 0.3) is 33.4 Å². The Morgan fingerprint density at radius 3 is 2.65 bits per heavy atom. The molecule has 2 aromatic carbocycles. The molecule has 156 valence electrons. The number of benzene rings is 2. The third kappa shape index (κ3) is 3.54. The number of carbonyl (C=O) groups excluding carboxylic acids is 1. The fourth-order valence-electron chi connectivity index (χ4n) is 4.80. The van der Waals surface area contributed by atoms with Crippen LogP contribution in [0.5, 0.6) is 0 Å². The third-order valence-electron chi connectivity index (χ3n) is 6.73. The molecule has 4 aromatic rings. The molecule has 5 heteroatoms. The minimum absolute atomic E-state index is 0.318. The lowest BCUT2D eigenvalue weighted by Crippen LogP contribution is -2.30. The molecule has 1 N–H and O–H groups in total. The van der Waals surface area contributed by atoms with E-state index in [2.05, 4.69) is 74.2 Å². The first kappa shape index (κ1) is 18.4. The fourth-order valence-corrected chi connectivity index (χ4v) is 4.80. The van der Waals surface area contributed by atoms with Crippen LogP contribution in [-0.2, 0) is 11.3 Å². The van der Waals surface area contributed by atoms with E-state index in [9.17, 15) is 4.79 Å². The summed E-state index contributed by atoms with van der Waals surface area (Å²) in [6, 6.07) is 17.3. The third-order valence-corrected chi connectivity index (χ3v) is 6.73. The van der Waals surface area contributed by atoms with Crippen LogP contribution in [-0.4, -0.2) is 38.4 Å². The maximum atomic E-state index is 12.4. The molecule has 1 saturated carbocycles. The van der Waals surface area contributed by atoms with Crippen molar-refractivity contribution in [3.05, 3.63) is 67.1 Å². The molecule has 0 unspecified atom stereocenters. The molecule has 1 aliphatic carbocycles. The second kappa shape index (κ2) is 7.41. The van der Waals surface area contributed by atoms with E-state index in [4.69, 9.17) is 0 Å². The summed E-state index contributed by atoms with van der Waals surface area (Å²) in [5.74, 6) is 2.20. The monoisotopic (exact) mass is 410 g/mol. The van der Waals surface area contributed by atoms with Crippen LogP contribution in [0.1, 0.15) is 19.3 Å². The molecular formula is C26H26N4O. The number of hydrogen-bond donors (Lipinski definition) is 1. The Kier molecular flexibility index (Phi) is 4.41. The van der Waals surface area contributed by atoms with E-state index in [1.807, 2.05) is 12.4 Å². The average molecular weight is 411 g/mol. The Balaban J connectivity index is 1.18. The number of likely N-dealkylation sites (tertiary alicyclic amines) is 1. The number of nitrogens with zero attached hydrogens (tertiary/aromatic N) is 3. The smallest absolute Gasteiger partial charge is 0.225 e. The molecule has 1 saturated heterocycles. The summed E-state index contributed by atoms with van der Waals surface area (Å²) >= 11 is 0. The van der Waals surface area contributed by atoms with Gasteiger partial charge in [-0.15, -0.1) is 0 Å². The molecule has 5 nitrogen and oxygen atoms in total. The van der Waals surface area contributed by atoms with E-state index in [0.717, 1.165) is 55.8 Å². The molecule has 1 aliphatic heterocycles. The Bertz CT molecular complexity index is 1230. The van der Waals surface area contributed by atoms with Gasteiger partial charge >= 0.3 is 0 Å². The van der Waals surface area contributed by atoms with Gasteiger partial charge in [0, 0.05) is 55.2 Å². The van der Waals surface area contributed by atoms with Crippen molar-refractivity contribution in [2.24, 2.45) is 11.8 Å². The Morgan fingerprint density at radius 2 is 1.81 bits per heavy atom. The molecule has 0 spiro atoms. The number of H-pyrrole nitrogens is 1. The normalized spacial score (nSPS) is 18.7. The SMILES string of the molecule is O=C(C1CC1)N1CC[C@H](Cn2ccnc2-c2ccc(-c3ccc4cc[nH]c4c3)cc2)C1. The lowest BCUT2D eigenvalue weighted by atomic mass is 10.0. The van der Waals surface area contributed by atoms with E-state index in [0.29, 0.717) is 17.7 Å². The van der Waals surface area contributed by atoms with E-state index in [1.54, 1.807) is 0 Å². The molecule has 2 fully saturated rings. The number of aromatic amines is 1. The van der Waals surface area contributed by atoms with Crippen LogP contribution >= 0.6 is 0 Å². The minimum Gasteiger partial charge on any atom is -0.361 e. The molecule has 2 aromatic heterocycles. The zero-order valence-electron chi connectivity index (χ0n) is 17.5. The molecular weight excluding hydrogens is 384 g/mol. The Hall–Kier alpha value is -3.34. The van der Waals surface area contributed by atoms with Crippen molar-refractivity contribution in [3.63, 3.8) is 0 Å². The minimum atomic E-state index is 0.318. The molecule has 1 atom stereocenters. The number of aromatic nitrogens is 3. The van der Waals surface area contributed by atoms with Gasteiger partial charge in [0.25, 0.3) is 0 Å². The zero-order chi connectivity index (χ0) is 20.8. The molecule has 0 radical (unpaired) electrons. The van der Waals surface area contributed by atoms with E-state index in [1.165, 1.54) is 16.5 Å². The number of amides is 1. The summed E-state index contributed by atoms with van der Waals surface area (Å²) in [7, 11) is 0. The van der Waals surface area contributed by atoms with Gasteiger partial charge in [-0.1, -0.05) is 36.4 Å². The summed E-state index contributed by atoms with van der Waals surface area (Å²) in [6.07, 6.45) is 9.17. The molecule has 1 amide bonds. The molecule has 31 heavy (non-hydrogen) atoms. The second-order valence-electron chi connectivity index (χ2n) is 8.97. The number of nitrogens with one attached hydrogen (secondary N) is 1. The van der Waals surface area contributed by atoms with Crippen molar-refractivity contribution in [1.82, 2.24) is 19.4 Å². The quantitative estimate of drug-likeness (QED) is 0.506. The maximum Gasteiger partial charge on any atom is 0.225 e. The first-order valence-corrected chi connectivity index (χ1v) is 11.2. The number of imidazole rings is 1. The predicted octanol–water partition coefficient (Wildman–Crippen LogP) is 4.96. The lowest BCUT2D eigenvalue weighted by Gasteiger charge is -2.17. The molecule has 2 aliphatic rings. The second-order valence-corrected chi connectivity index (χ2v) is 8.97. The number of hydrogen-bond acceptors (Lipinski definition) is 2. The van der Waals surface area contributed by atoms with Crippen molar-refractivity contribution in [2.45, 2.75) is 25.8 Å². The van der Waals surface area contributed by atoms with Crippen molar-refractivity contribution in [3.8, 4) is 22.5 Å². The van der Waals surface area contributed by atoms with Crippen LogP contribution in [0.4, 0.5) is 0 Å². The highest BCUT2D eigenvalue weighted by Gasteiger charge is 2.36. The van der Waals surface area contributed by atoms with E-state index >= 15 is 0 Å². The van der Waals surface area contributed by atoms with Crippen molar-refractivity contribution in [2.75, 3.05) is 13.1 Å². The fraction of sp³-hybridized carbons (Fsp3) is 0.308. The molecule has 3 heterocycles. The first-order chi connectivity index (χ1) is 15.2. The zero-order valence-corrected chi connectivity index (χ0v) is 17.5. The van der Waals surface area contributed by atoms with E-state index in [-0.39, 0.29) is 0 Å². The van der Waals surface area contributed by atoms with Crippen LogP contribution in [0, 0.1) is 11.8 Å². The average Bonchev–Trinajstić information content (AvgIpc) is 3.17.